The molecule has 0 aliphatic rings. The quantitative estimate of drug-likeness (QED) is 0.766. The van der Waals surface area contributed by atoms with E-state index in [1.807, 2.05) is 17.5 Å². The van der Waals surface area contributed by atoms with Crippen LogP contribution in [0, 0.1) is 5.82 Å². The molecule has 0 aliphatic heterocycles. The minimum Gasteiger partial charge on any atom is -0.335 e. The van der Waals surface area contributed by atoms with E-state index in [4.69, 9.17) is 0 Å². The van der Waals surface area contributed by atoms with Crippen molar-refractivity contribution in [1.29, 1.82) is 0 Å². The summed E-state index contributed by atoms with van der Waals surface area (Å²) < 4.78 is 51.7. The molecule has 0 bridgehead atoms. The number of urea groups is 1. The van der Waals surface area contributed by atoms with Crippen molar-refractivity contribution in [3.8, 4) is 0 Å². The fraction of sp³-hybridized carbons (Fsp3) is 0.312. The molecule has 1 atom stereocenters. The summed E-state index contributed by atoms with van der Waals surface area (Å²) in [5, 5.41) is 6.96. The van der Waals surface area contributed by atoms with Gasteiger partial charge in [0.05, 0.1) is 5.56 Å². The number of halogens is 4. The molecule has 8 heteroatoms. The standard InChI is InChI=1S/C16H16F4N2OS/c1-10(7-13-3-2-6-24-13)22-15(23)21-9-11-4-5-12(17)8-14(11)16(18,19)20/h2-6,8,10H,7,9H2,1H3,(H2,21,22,23). The normalized spacial score (nSPS) is 12.7. The van der Waals surface area contributed by atoms with Crippen LogP contribution in [0.15, 0.2) is 35.7 Å². The number of nitrogens with one attached hydrogen (secondary N) is 2. The molecular formula is C16H16F4N2OS. The first-order valence-corrected chi connectivity index (χ1v) is 8.06. The van der Waals surface area contributed by atoms with E-state index in [0.29, 0.717) is 12.5 Å². The van der Waals surface area contributed by atoms with E-state index in [2.05, 4.69) is 10.6 Å². The lowest BCUT2D eigenvalue weighted by atomic mass is 10.1. The average molecular weight is 360 g/mol. The van der Waals surface area contributed by atoms with E-state index >= 15 is 0 Å². The van der Waals surface area contributed by atoms with Gasteiger partial charge in [0, 0.05) is 23.9 Å². The molecule has 24 heavy (non-hydrogen) atoms. The van der Waals surface area contributed by atoms with Gasteiger partial charge in [0.1, 0.15) is 5.82 Å². The largest absolute Gasteiger partial charge is 0.416 e. The lowest BCUT2D eigenvalue weighted by molar-refractivity contribution is -0.138. The summed E-state index contributed by atoms with van der Waals surface area (Å²) in [7, 11) is 0. The summed E-state index contributed by atoms with van der Waals surface area (Å²) in [6.07, 6.45) is -4.04. The highest BCUT2D eigenvalue weighted by Gasteiger charge is 2.33. The van der Waals surface area contributed by atoms with Crippen LogP contribution in [-0.2, 0) is 19.1 Å². The molecule has 0 fully saturated rings. The van der Waals surface area contributed by atoms with Crippen LogP contribution in [0.2, 0.25) is 0 Å². The summed E-state index contributed by atoms with van der Waals surface area (Å²) in [6, 6.07) is 5.48. The molecule has 2 N–H and O–H groups in total. The van der Waals surface area contributed by atoms with Crippen LogP contribution in [0.25, 0.3) is 0 Å². The summed E-state index contributed by atoms with van der Waals surface area (Å²) >= 11 is 1.56. The predicted molar refractivity (Wildman–Crippen MR) is 84.3 cm³/mol. The van der Waals surface area contributed by atoms with Crippen molar-refractivity contribution in [3.63, 3.8) is 0 Å². The third kappa shape index (κ3) is 5.23. The Morgan fingerprint density at radius 2 is 2.04 bits per heavy atom. The smallest absolute Gasteiger partial charge is 0.335 e. The van der Waals surface area contributed by atoms with E-state index in [9.17, 15) is 22.4 Å². The van der Waals surface area contributed by atoms with Crippen LogP contribution >= 0.6 is 11.3 Å². The molecule has 130 valence electrons. The minimum atomic E-state index is -4.68. The number of hydrogen-bond acceptors (Lipinski definition) is 2. The van der Waals surface area contributed by atoms with E-state index < -0.39 is 23.6 Å². The first kappa shape index (κ1) is 18.3. The van der Waals surface area contributed by atoms with Crippen LogP contribution in [0.1, 0.15) is 22.9 Å². The van der Waals surface area contributed by atoms with Crippen LogP contribution in [-0.4, -0.2) is 12.1 Å². The van der Waals surface area contributed by atoms with Crippen molar-refractivity contribution in [2.24, 2.45) is 0 Å². The summed E-state index contributed by atoms with van der Waals surface area (Å²) in [4.78, 5) is 12.9. The molecular weight excluding hydrogens is 344 g/mol. The second-order valence-corrected chi connectivity index (χ2v) is 6.34. The van der Waals surface area contributed by atoms with Gasteiger partial charge in [0.15, 0.2) is 0 Å². The second-order valence-electron chi connectivity index (χ2n) is 5.31. The van der Waals surface area contributed by atoms with Gasteiger partial charge < -0.3 is 10.6 Å². The van der Waals surface area contributed by atoms with Crippen LogP contribution in [0.3, 0.4) is 0 Å². The SMILES string of the molecule is CC(Cc1cccs1)NC(=O)NCc1ccc(F)cc1C(F)(F)F. The van der Waals surface area contributed by atoms with E-state index in [0.717, 1.165) is 17.0 Å². The fourth-order valence-electron chi connectivity index (χ4n) is 2.20. The molecule has 0 saturated carbocycles. The fourth-order valence-corrected chi connectivity index (χ4v) is 3.03. The first-order chi connectivity index (χ1) is 11.3. The number of alkyl halides is 3. The topological polar surface area (TPSA) is 41.1 Å². The van der Waals surface area contributed by atoms with Gasteiger partial charge in [0.25, 0.3) is 0 Å². The molecule has 2 aromatic rings. The summed E-state index contributed by atoms with van der Waals surface area (Å²) in [5.74, 6) is -0.972. The average Bonchev–Trinajstić information content (AvgIpc) is 2.97. The van der Waals surface area contributed by atoms with Gasteiger partial charge >= 0.3 is 12.2 Å². The van der Waals surface area contributed by atoms with E-state index in [1.165, 1.54) is 0 Å². The second kappa shape index (κ2) is 7.65. The van der Waals surface area contributed by atoms with Crippen molar-refractivity contribution in [2.75, 3.05) is 0 Å². The number of benzene rings is 1. The Balaban J connectivity index is 1.92. The molecule has 0 spiro atoms. The maximum Gasteiger partial charge on any atom is 0.416 e. The van der Waals surface area contributed by atoms with Crippen LogP contribution in [0.5, 0.6) is 0 Å². The molecule has 0 aliphatic carbocycles. The molecule has 0 radical (unpaired) electrons. The van der Waals surface area contributed by atoms with Crippen molar-refractivity contribution in [3.05, 3.63) is 57.5 Å². The lowest BCUT2D eigenvalue weighted by Gasteiger charge is -2.16. The molecule has 2 rings (SSSR count). The van der Waals surface area contributed by atoms with Crippen LogP contribution < -0.4 is 10.6 Å². The van der Waals surface area contributed by atoms with Crippen molar-refractivity contribution < 1.29 is 22.4 Å². The molecule has 3 nitrogen and oxygen atoms in total. The van der Waals surface area contributed by atoms with Gasteiger partial charge in [-0.2, -0.15) is 13.2 Å². The highest BCUT2D eigenvalue weighted by atomic mass is 32.1. The van der Waals surface area contributed by atoms with Gasteiger partial charge in [-0.25, -0.2) is 9.18 Å². The van der Waals surface area contributed by atoms with Crippen molar-refractivity contribution >= 4 is 17.4 Å². The number of amides is 2. The number of rotatable bonds is 5. The molecule has 2 amide bonds. The maximum absolute atomic E-state index is 13.0. The predicted octanol–water partition coefficient (Wildman–Crippen LogP) is 4.34. The monoisotopic (exact) mass is 360 g/mol. The lowest BCUT2D eigenvalue weighted by Crippen LogP contribution is -2.41. The zero-order valence-electron chi connectivity index (χ0n) is 12.8. The summed E-state index contributed by atoms with van der Waals surface area (Å²) in [6.45, 7) is 1.46. The number of thiophene rings is 1. The minimum absolute atomic E-state index is 0.168. The molecule has 0 saturated heterocycles. The Hall–Kier alpha value is -2.09. The van der Waals surface area contributed by atoms with Crippen molar-refractivity contribution in [1.82, 2.24) is 10.6 Å². The maximum atomic E-state index is 13.0. The Morgan fingerprint density at radius 3 is 2.67 bits per heavy atom. The third-order valence-electron chi connectivity index (χ3n) is 3.28. The Bertz CT molecular complexity index is 686. The zero-order valence-corrected chi connectivity index (χ0v) is 13.6. The number of carbonyl (C=O) groups is 1. The Labute approximate surface area is 140 Å². The number of carbonyl (C=O) groups excluding carboxylic acids is 1. The third-order valence-corrected chi connectivity index (χ3v) is 4.18. The Morgan fingerprint density at radius 1 is 1.29 bits per heavy atom. The van der Waals surface area contributed by atoms with Gasteiger partial charge in [-0.1, -0.05) is 12.1 Å². The zero-order chi connectivity index (χ0) is 17.7. The molecule has 1 heterocycles. The van der Waals surface area contributed by atoms with Gasteiger partial charge in [0.2, 0.25) is 0 Å². The van der Waals surface area contributed by atoms with Crippen LogP contribution in [0.4, 0.5) is 22.4 Å². The molecule has 1 unspecified atom stereocenters. The number of hydrogen-bond donors (Lipinski definition) is 2. The van der Waals surface area contributed by atoms with E-state index in [1.54, 1.807) is 18.3 Å². The van der Waals surface area contributed by atoms with Gasteiger partial charge in [-0.05, 0) is 36.1 Å². The molecule has 1 aromatic carbocycles. The summed E-state index contributed by atoms with van der Waals surface area (Å²) in [5.41, 5.74) is -1.28. The van der Waals surface area contributed by atoms with Gasteiger partial charge in [-0.3, -0.25) is 0 Å². The van der Waals surface area contributed by atoms with Gasteiger partial charge in [-0.15, -0.1) is 11.3 Å². The van der Waals surface area contributed by atoms with Crippen molar-refractivity contribution in [2.45, 2.75) is 32.1 Å². The molecule has 1 aromatic heterocycles. The highest BCUT2D eigenvalue weighted by Crippen LogP contribution is 2.32. The Kier molecular flexibility index (Phi) is 5.82. The first-order valence-electron chi connectivity index (χ1n) is 7.18. The highest BCUT2D eigenvalue weighted by molar-refractivity contribution is 7.09. The van der Waals surface area contributed by atoms with E-state index in [-0.39, 0.29) is 18.2 Å².